The maximum Gasteiger partial charge on any atom is 0.332 e. The second-order valence-corrected chi connectivity index (χ2v) is 16.0. The van der Waals surface area contributed by atoms with Gasteiger partial charge >= 0.3 is 11.9 Å². The van der Waals surface area contributed by atoms with Gasteiger partial charge in [0.1, 0.15) is 24.3 Å². The summed E-state index contributed by atoms with van der Waals surface area (Å²) in [7, 11) is 0. The molecule has 0 unspecified atom stereocenters. The average Bonchev–Trinajstić information content (AvgIpc) is 3.56. The number of nitrogens with one attached hydrogen (secondary N) is 2. The number of rotatable bonds is 10. The molecular weight excluding hydrogens is 819 g/mol. The van der Waals surface area contributed by atoms with E-state index in [0.717, 1.165) is 33.4 Å². The number of esters is 2. The fourth-order valence-electron chi connectivity index (χ4n) is 7.40. The zero-order valence-electron chi connectivity index (χ0n) is 33.8. The number of ether oxygens (including phenoxy) is 2. The van der Waals surface area contributed by atoms with Crippen LogP contribution in [0.15, 0.2) is 182 Å². The van der Waals surface area contributed by atoms with Gasteiger partial charge in [0, 0.05) is 46.9 Å². The molecule has 0 saturated carbocycles. The lowest BCUT2D eigenvalue weighted by atomic mass is 9.86. The van der Waals surface area contributed by atoms with Crippen molar-refractivity contribution in [1.29, 1.82) is 0 Å². The van der Waals surface area contributed by atoms with E-state index in [1.54, 1.807) is 48.5 Å². The summed E-state index contributed by atoms with van der Waals surface area (Å²) in [5.74, 6) is -1.58. The Labute approximate surface area is 371 Å². The van der Waals surface area contributed by atoms with Crippen molar-refractivity contribution in [3.05, 3.63) is 225 Å². The number of halogens is 2. The third-order valence-corrected chi connectivity index (χ3v) is 11.3. The number of hydrogen-bond acceptors (Lipinski definition) is 6. The Morgan fingerprint density at radius 1 is 0.468 bits per heavy atom. The van der Waals surface area contributed by atoms with Gasteiger partial charge in [-0.15, -0.1) is 0 Å². The minimum atomic E-state index is -1.21. The van der Waals surface area contributed by atoms with Gasteiger partial charge in [-0.3, -0.25) is 9.59 Å². The largest absolute Gasteiger partial charge is 0.459 e. The number of benzene rings is 6. The van der Waals surface area contributed by atoms with Gasteiger partial charge in [0.25, 0.3) is 11.8 Å². The summed E-state index contributed by atoms with van der Waals surface area (Å²) in [6, 6.07) is 52.0. The van der Waals surface area contributed by atoms with Crippen LogP contribution in [0.2, 0.25) is 10.0 Å². The topological polar surface area (TPSA) is 111 Å². The zero-order chi connectivity index (χ0) is 43.4. The standard InChI is InChI=1S/2C26H22ClNO3/c2*27-23-13-11-21(12-14-23)24(29)28-26(17-19-7-3-1-4-8-19)16-15-22(18-31-25(26)30)20-9-5-2-6-10-20/h2*1-15H,16-18H2,(H,28,29)/t2*26-/m00/s1. The molecule has 8 nitrogen and oxygen atoms in total. The van der Waals surface area contributed by atoms with Gasteiger partial charge in [-0.05, 0) is 81.9 Å². The van der Waals surface area contributed by atoms with Gasteiger partial charge in [-0.25, -0.2) is 9.59 Å². The first-order valence-electron chi connectivity index (χ1n) is 20.2. The van der Waals surface area contributed by atoms with Crippen molar-refractivity contribution in [2.24, 2.45) is 0 Å². The molecule has 2 N–H and O–H groups in total. The highest BCUT2D eigenvalue weighted by atomic mass is 35.5. The molecule has 2 atom stereocenters. The Morgan fingerprint density at radius 3 is 1.13 bits per heavy atom. The van der Waals surface area contributed by atoms with Crippen LogP contribution in [0.5, 0.6) is 0 Å². The SMILES string of the molecule is O=C(N[C@]1(Cc2ccccc2)CC=C(c2ccccc2)COC1=O)c1ccc(Cl)cc1.O=C(N[C@]1(Cc2ccccc2)CC=C(c2ccccc2)COC1=O)c1ccc(Cl)cc1. The van der Waals surface area contributed by atoms with Gasteiger partial charge in [0.05, 0.1) is 0 Å². The highest BCUT2D eigenvalue weighted by molar-refractivity contribution is 6.31. The van der Waals surface area contributed by atoms with Crippen LogP contribution in [0.3, 0.4) is 0 Å². The van der Waals surface area contributed by atoms with Crippen LogP contribution in [0.1, 0.15) is 55.8 Å². The second-order valence-electron chi connectivity index (χ2n) is 15.2. The zero-order valence-corrected chi connectivity index (χ0v) is 35.3. The molecule has 0 bridgehead atoms. The highest BCUT2D eigenvalue weighted by Gasteiger charge is 2.44. The van der Waals surface area contributed by atoms with Crippen molar-refractivity contribution < 1.29 is 28.7 Å². The molecule has 10 heteroatoms. The first-order chi connectivity index (χ1) is 30.1. The van der Waals surface area contributed by atoms with Crippen molar-refractivity contribution in [2.75, 3.05) is 13.2 Å². The summed E-state index contributed by atoms with van der Waals surface area (Å²) in [6.07, 6.45) is 5.28. The average molecular weight is 864 g/mol. The fraction of sp³-hybridized carbons (Fsp3) is 0.154. The maximum atomic E-state index is 13.2. The molecule has 2 amide bonds. The molecule has 0 radical (unpaired) electrons. The molecule has 62 heavy (non-hydrogen) atoms. The molecule has 0 aromatic heterocycles. The van der Waals surface area contributed by atoms with Crippen LogP contribution in [-0.4, -0.2) is 48.0 Å². The van der Waals surface area contributed by atoms with E-state index in [2.05, 4.69) is 10.6 Å². The molecule has 2 aliphatic rings. The summed E-state index contributed by atoms with van der Waals surface area (Å²) >= 11 is 11.9. The predicted octanol–water partition coefficient (Wildman–Crippen LogP) is 10.2. The monoisotopic (exact) mass is 862 g/mol. The van der Waals surface area contributed by atoms with Crippen LogP contribution >= 0.6 is 23.2 Å². The predicted molar refractivity (Wildman–Crippen MR) is 244 cm³/mol. The van der Waals surface area contributed by atoms with Crippen LogP contribution in [0.25, 0.3) is 11.1 Å². The van der Waals surface area contributed by atoms with Crippen LogP contribution < -0.4 is 10.6 Å². The fourth-order valence-corrected chi connectivity index (χ4v) is 7.65. The van der Waals surface area contributed by atoms with Crippen molar-refractivity contribution >= 4 is 58.1 Å². The molecule has 6 aromatic rings. The number of hydrogen-bond donors (Lipinski definition) is 2. The number of carbonyl (C=O) groups excluding carboxylic acids is 4. The maximum absolute atomic E-state index is 13.2. The van der Waals surface area contributed by atoms with E-state index in [1.165, 1.54) is 0 Å². The Morgan fingerprint density at radius 2 is 0.790 bits per heavy atom. The van der Waals surface area contributed by atoms with Gasteiger partial charge in [0.2, 0.25) is 0 Å². The number of cyclic esters (lactones) is 2. The van der Waals surface area contributed by atoms with Crippen molar-refractivity contribution in [3.8, 4) is 0 Å². The molecular formula is C52H44Cl2N2O6. The Balaban J connectivity index is 0.000000186. The third kappa shape index (κ3) is 10.9. The first kappa shape index (κ1) is 43.4. The van der Waals surface area contributed by atoms with E-state index in [1.807, 2.05) is 133 Å². The quantitative estimate of drug-likeness (QED) is 0.133. The third-order valence-electron chi connectivity index (χ3n) is 10.8. The highest BCUT2D eigenvalue weighted by Crippen LogP contribution is 2.30. The lowest BCUT2D eigenvalue weighted by Gasteiger charge is -2.31. The summed E-state index contributed by atoms with van der Waals surface area (Å²) in [6.45, 7) is 0.326. The number of carbonyl (C=O) groups is 4. The van der Waals surface area contributed by atoms with Gasteiger partial charge in [-0.2, -0.15) is 0 Å². The minimum absolute atomic E-state index is 0.163. The van der Waals surface area contributed by atoms with Crippen molar-refractivity contribution in [2.45, 2.75) is 36.8 Å². The lowest BCUT2D eigenvalue weighted by Crippen LogP contribution is -2.56. The van der Waals surface area contributed by atoms with E-state index in [-0.39, 0.29) is 25.0 Å². The molecule has 312 valence electrons. The van der Waals surface area contributed by atoms with Crippen LogP contribution in [0, 0.1) is 0 Å². The van der Waals surface area contributed by atoms with E-state index in [9.17, 15) is 19.2 Å². The summed E-state index contributed by atoms with van der Waals surface area (Å²) in [4.78, 5) is 52.6. The molecule has 0 saturated heterocycles. The minimum Gasteiger partial charge on any atom is -0.459 e. The van der Waals surface area contributed by atoms with E-state index in [4.69, 9.17) is 32.7 Å². The van der Waals surface area contributed by atoms with Crippen molar-refractivity contribution in [1.82, 2.24) is 10.6 Å². The summed E-state index contributed by atoms with van der Waals surface area (Å²) in [5.41, 5.74) is 4.14. The van der Waals surface area contributed by atoms with E-state index in [0.29, 0.717) is 46.9 Å². The molecule has 0 fully saturated rings. The molecule has 6 aromatic carbocycles. The molecule has 0 spiro atoms. The van der Waals surface area contributed by atoms with Gasteiger partial charge < -0.3 is 20.1 Å². The lowest BCUT2D eigenvalue weighted by molar-refractivity contribution is -0.150. The van der Waals surface area contributed by atoms with Crippen molar-refractivity contribution in [3.63, 3.8) is 0 Å². The van der Waals surface area contributed by atoms with Crippen LogP contribution in [0.4, 0.5) is 0 Å². The summed E-state index contributed by atoms with van der Waals surface area (Å²) < 4.78 is 11.3. The molecule has 8 rings (SSSR count). The Bertz CT molecular complexity index is 2370. The Kier molecular flexibility index (Phi) is 14.1. The first-order valence-corrected chi connectivity index (χ1v) is 20.9. The Hall–Kier alpha value is -6.74. The normalized spacial score (nSPS) is 18.5. The van der Waals surface area contributed by atoms with Crippen LogP contribution in [-0.2, 0) is 31.9 Å². The molecule has 2 aliphatic heterocycles. The molecule has 0 aliphatic carbocycles. The van der Waals surface area contributed by atoms with Gasteiger partial charge in [0.15, 0.2) is 0 Å². The van der Waals surface area contributed by atoms with E-state index < -0.39 is 23.0 Å². The van der Waals surface area contributed by atoms with E-state index >= 15 is 0 Å². The van der Waals surface area contributed by atoms with Gasteiger partial charge in [-0.1, -0.05) is 157 Å². The summed E-state index contributed by atoms with van der Waals surface area (Å²) in [5, 5.41) is 7.04. The number of amides is 2. The molecule has 2 heterocycles. The second kappa shape index (κ2) is 20.2. The smallest absolute Gasteiger partial charge is 0.332 e.